The van der Waals surface area contributed by atoms with Crippen molar-refractivity contribution in [3.63, 3.8) is 0 Å². The molecular weight excluding hydrogens is 429 g/mol. The van der Waals surface area contributed by atoms with Crippen LogP contribution in [0, 0.1) is 0 Å². The summed E-state index contributed by atoms with van der Waals surface area (Å²) in [6.07, 6.45) is -0.368. The van der Waals surface area contributed by atoms with Crippen molar-refractivity contribution in [2.24, 2.45) is 0 Å². The molecule has 0 bridgehead atoms. The molecule has 0 aromatic heterocycles. The number of amides is 1. The summed E-state index contributed by atoms with van der Waals surface area (Å²) in [6.45, 7) is 1.91. The zero-order valence-electron chi connectivity index (χ0n) is 15.7. The van der Waals surface area contributed by atoms with Crippen LogP contribution < -0.4 is 4.90 Å². The number of carboxylic acid groups (broad SMARTS) is 1. The van der Waals surface area contributed by atoms with E-state index in [4.69, 9.17) is 34.8 Å². The van der Waals surface area contributed by atoms with Gasteiger partial charge in [0.25, 0.3) is 0 Å². The lowest BCUT2D eigenvalue weighted by atomic mass is 9.85. The van der Waals surface area contributed by atoms with Crippen LogP contribution in [0.5, 0.6) is 0 Å². The number of hydrogen-bond acceptors (Lipinski definition) is 1. The Labute approximate surface area is 185 Å². The lowest BCUT2D eigenvalue weighted by molar-refractivity contribution is 0.198. The average molecular weight is 449 g/mol. The second-order valence-electron chi connectivity index (χ2n) is 6.86. The largest absolute Gasteiger partial charge is 0.465 e. The Morgan fingerprint density at radius 3 is 1.76 bits per heavy atom. The Hall–Kier alpha value is -2.20. The van der Waals surface area contributed by atoms with Crippen LogP contribution >= 0.6 is 34.8 Å². The molecule has 0 heterocycles. The van der Waals surface area contributed by atoms with E-state index in [0.717, 1.165) is 11.1 Å². The van der Waals surface area contributed by atoms with Gasteiger partial charge in [-0.1, -0.05) is 59.1 Å². The first-order chi connectivity index (χ1) is 13.8. The second kappa shape index (κ2) is 9.53. The van der Waals surface area contributed by atoms with Gasteiger partial charge in [-0.05, 0) is 73.0 Å². The Balaban J connectivity index is 2.00. The highest BCUT2D eigenvalue weighted by Crippen LogP contribution is 2.32. The molecule has 3 nitrogen and oxygen atoms in total. The molecule has 150 valence electrons. The molecule has 0 aliphatic rings. The fourth-order valence-electron chi connectivity index (χ4n) is 3.45. The van der Waals surface area contributed by atoms with E-state index in [9.17, 15) is 9.90 Å². The van der Waals surface area contributed by atoms with Crippen molar-refractivity contribution in [1.29, 1.82) is 0 Å². The minimum atomic E-state index is -1.02. The highest BCUT2D eigenvalue weighted by atomic mass is 35.5. The van der Waals surface area contributed by atoms with Gasteiger partial charge in [0.05, 0.1) is 0 Å². The summed E-state index contributed by atoms with van der Waals surface area (Å²) in [5.74, 6) is -0.0970. The molecule has 0 fully saturated rings. The molecule has 0 saturated heterocycles. The standard InChI is InChI=1S/C23H20Cl3NO2/c1-15(27(23(28)29)21-12-10-20(26)11-13-21)22(17-4-8-19(25)9-5-17)14-16-2-6-18(24)7-3-16/h2-13,15,22H,14H2,1H3,(H,28,29). The normalized spacial score (nSPS) is 13.0. The minimum Gasteiger partial charge on any atom is -0.465 e. The topological polar surface area (TPSA) is 40.5 Å². The molecule has 2 atom stereocenters. The summed E-state index contributed by atoms with van der Waals surface area (Å²) in [6, 6.07) is 21.6. The Morgan fingerprint density at radius 2 is 1.28 bits per heavy atom. The van der Waals surface area contributed by atoms with Crippen LogP contribution in [-0.2, 0) is 6.42 Å². The first-order valence-electron chi connectivity index (χ1n) is 9.13. The fourth-order valence-corrected chi connectivity index (χ4v) is 3.83. The predicted molar refractivity (Wildman–Crippen MR) is 121 cm³/mol. The molecule has 0 spiro atoms. The van der Waals surface area contributed by atoms with Gasteiger partial charge in [0.15, 0.2) is 0 Å². The maximum atomic E-state index is 12.2. The number of carbonyl (C=O) groups is 1. The Morgan fingerprint density at radius 1 is 0.828 bits per heavy atom. The van der Waals surface area contributed by atoms with Gasteiger partial charge in [0, 0.05) is 32.7 Å². The Kier molecular flexibility index (Phi) is 7.07. The average Bonchev–Trinajstić information content (AvgIpc) is 2.70. The van der Waals surface area contributed by atoms with Crippen molar-refractivity contribution in [2.45, 2.75) is 25.3 Å². The molecule has 3 aromatic rings. The number of anilines is 1. The van der Waals surface area contributed by atoms with Crippen molar-refractivity contribution in [1.82, 2.24) is 0 Å². The van der Waals surface area contributed by atoms with E-state index in [0.29, 0.717) is 27.2 Å². The summed E-state index contributed by atoms with van der Waals surface area (Å²) in [5.41, 5.74) is 2.66. The first kappa shape index (κ1) is 21.5. The van der Waals surface area contributed by atoms with Crippen molar-refractivity contribution >= 4 is 46.6 Å². The zero-order valence-corrected chi connectivity index (χ0v) is 18.0. The summed E-state index contributed by atoms with van der Waals surface area (Å²) >= 11 is 18.1. The van der Waals surface area contributed by atoms with Gasteiger partial charge in [0.1, 0.15) is 0 Å². The van der Waals surface area contributed by atoms with Crippen molar-refractivity contribution in [3.8, 4) is 0 Å². The molecular formula is C23H20Cl3NO2. The first-order valence-corrected chi connectivity index (χ1v) is 10.3. The smallest absolute Gasteiger partial charge is 0.412 e. The summed E-state index contributed by atoms with van der Waals surface area (Å²) < 4.78 is 0. The summed E-state index contributed by atoms with van der Waals surface area (Å²) in [5, 5.41) is 11.8. The van der Waals surface area contributed by atoms with E-state index in [1.165, 1.54) is 4.90 Å². The second-order valence-corrected chi connectivity index (χ2v) is 8.17. The molecule has 0 radical (unpaired) electrons. The fraction of sp³-hybridized carbons (Fsp3) is 0.174. The Bertz CT molecular complexity index is 957. The van der Waals surface area contributed by atoms with Gasteiger partial charge in [-0.3, -0.25) is 4.90 Å². The van der Waals surface area contributed by atoms with Gasteiger partial charge in [-0.15, -0.1) is 0 Å². The van der Waals surface area contributed by atoms with Crippen LogP contribution in [0.15, 0.2) is 72.8 Å². The van der Waals surface area contributed by atoms with Crippen LogP contribution in [0.4, 0.5) is 10.5 Å². The van der Waals surface area contributed by atoms with E-state index < -0.39 is 6.09 Å². The SMILES string of the molecule is CC(C(Cc1ccc(Cl)cc1)c1ccc(Cl)cc1)N(C(=O)O)c1ccc(Cl)cc1. The van der Waals surface area contributed by atoms with Crippen LogP contribution in [0.3, 0.4) is 0 Å². The molecule has 2 unspecified atom stereocenters. The van der Waals surface area contributed by atoms with E-state index in [2.05, 4.69) is 0 Å². The number of hydrogen-bond donors (Lipinski definition) is 1. The monoisotopic (exact) mass is 447 g/mol. The van der Waals surface area contributed by atoms with Gasteiger partial charge >= 0.3 is 6.09 Å². The highest BCUT2D eigenvalue weighted by molar-refractivity contribution is 6.31. The lowest BCUT2D eigenvalue weighted by Gasteiger charge is -2.33. The molecule has 0 saturated carbocycles. The van der Waals surface area contributed by atoms with Crippen LogP contribution in [0.25, 0.3) is 0 Å². The zero-order chi connectivity index (χ0) is 21.0. The third kappa shape index (κ3) is 5.45. The maximum Gasteiger partial charge on any atom is 0.412 e. The number of benzene rings is 3. The van der Waals surface area contributed by atoms with Crippen LogP contribution in [0.1, 0.15) is 24.0 Å². The quantitative estimate of drug-likeness (QED) is 0.423. The van der Waals surface area contributed by atoms with E-state index in [-0.39, 0.29) is 12.0 Å². The molecule has 1 N–H and O–H groups in total. The van der Waals surface area contributed by atoms with Crippen molar-refractivity contribution in [2.75, 3.05) is 4.90 Å². The minimum absolute atomic E-state index is 0.0970. The molecule has 0 aliphatic carbocycles. The van der Waals surface area contributed by atoms with Gasteiger partial charge < -0.3 is 5.11 Å². The number of rotatable bonds is 6. The van der Waals surface area contributed by atoms with E-state index >= 15 is 0 Å². The third-order valence-corrected chi connectivity index (χ3v) is 5.72. The summed E-state index contributed by atoms with van der Waals surface area (Å²) in [7, 11) is 0. The maximum absolute atomic E-state index is 12.2. The predicted octanol–water partition coefficient (Wildman–Crippen LogP) is 7.55. The molecule has 0 aliphatic heterocycles. The van der Waals surface area contributed by atoms with Gasteiger partial charge in [0.2, 0.25) is 0 Å². The van der Waals surface area contributed by atoms with E-state index in [1.807, 2.05) is 55.5 Å². The van der Waals surface area contributed by atoms with Crippen molar-refractivity contribution < 1.29 is 9.90 Å². The lowest BCUT2D eigenvalue weighted by Crippen LogP contribution is -2.42. The molecule has 29 heavy (non-hydrogen) atoms. The van der Waals surface area contributed by atoms with Crippen LogP contribution in [-0.4, -0.2) is 17.2 Å². The molecule has 3 rings (SSSR count). The van der Waals surface area contributed by atoms with Gasteiger partial charge in [-0.25, -0.2) is 4.79 Å². The number of nitrogens with zero attached hydrogens (tertiary/aromatic N) is 1. The van der Waals surface area contributed by atoms with Gasteiger partial charge in [-0.2, -0.15) is 0 Å². The molecule has 1 amide bonds. The number of halogens is 3. The highest BCUT2D eigenvalue weighted by Gasteiger charge is 2.30. The van der Waals surface area contributed by atoms with E-state index in [1.54, 1.807) is 24.3 Å². The summed E-state index contributed by atoms with van der Waals surface area (Å²) in [4.78, 5) is 13.5. The molecule has 6 heteroatoms. The van der Waals surface area contributed by atoms with Crippen LogP contribution in [0.2, 0.25) is 15.1 Å². The molecule has 3 aromatic carbocycles. The van der Waals surface area contributed by atoms with Crippen molar-refractivity contribution in [3.05, 3.63) is 99.0 Å². The third-order valence-electron chi connectivity index (χ3n) is 4.97.